The molecule has 0 spiro atoms. The molecule has 0 radical (unpaired) electrons. The molecule has 0 aliphatic carbocycles. The number of hydrogen-bond acceptors (Lipinski definition) is 3. The maximum Gasteiger partial charge on any atom is 0.330 e. The van der Waals surface area contributed by atoms with E-state index in [1.807, 2.05) is 6.08 Å². The molecule has 3 heteroatoms. The molecule has 90 valence electrons. The van der Waals surface area contributed by atoms with E-state index in [2.05, 4.69) is 11.0 Å². The van der Waals surface area contributed by atoms with Crippen LogP contribution in [0.15, 0.2) is 24.3 Å². The Balaban J connectivity index is 2.13. The van der Waals surface area contributed by atoms with E-state index in [0.717, 1.165) is 6.54 Å². The Morgan fingerprint density at radius 3 is 2.69 bits per heavy atom. The number of hydrogen-bond donors (Lipinski definition) is 0. The van der Waals surface area contributed by atoms with Crippen LogP contribution in [0, 0.1) is 0 Å². The number of rotatable bonds is 5. The molecule has 1 heterocycles. The summed E-state index contributed by atoms with van der Waals surface area (Å²) in [4.78, 5) is 13.4. The molecule has 0 aromatic carbocycles. The van der Waals surface area contributed by atoms with E-state index in [1.165, 1.54) is 38.4 Å². The van der Waals surface area contributed by atoms with Crippen LogP contribution in [0.25, 0.3) is 0 Å². The van der Waals surface area contributed by atoms with Gasteiger partial charge in [0, 0.05) is 12.6 Å². The first kappa shape index (κ1) is 13.0. The van der Waals surface area contributed by atoms with Crippen molar-refractivity contribution in [3.63, 3.8) is 0 Å². The molecular weight excluding hydrogens is 202 g/mol. The minimum absolute atomic E-state index is 0.273. The van der Waals surface area contributed by atoms with Gasteiger partial charge in [-0.25, -0.2) is 4.79 Å². The molecule has 1 saturated heterocycles. The van der Waals surface area contributed by atoms with E-state index in [9.17, 15) is 4.79 Å². The quantitative estimate of drug-likeness (QED) is 0.406. The SMILES string of the molecule is CCOC(=O)/C=C/C=C/CN1CCCCC1. The first-order chi connectivity index (χ1) is 7.83. The summed E-state index contributed by atoms with van der Waals surface area (Å²) in [6.07, 6.45) is 11.2. The Hall–Kier alpha value is -1.09. The van der Waals surface area contributed by atoms with Gasteiger partial charge in [-0.1, -0.05) is 24.6 Å². The predicted octanol–water partition coefficient (Wildman–Crippen LogP) is 2.15. The van der Waals surface area contributed by atoms with Gasteiger partial charge in [-0.3, -0.25) is 4.90 Å². The minimum Gasteiger partial charge on any atom is -0.463 e. The number of carbonyl (C=O) groups excluding carboxylic acids is 1. The fourth-order valence-corrected chi connectivity index (χ4v) is 1.75. The molecule has 0 unspecified atom stereocenters. The van der Waals surface area contributed by atoms with Gasteiger partial charge in [0.2, 0.25) is 0 Å². The zero-order chi connectivity index (χ0) is 11.6. The summed E-state index contributed by atoms with van der Waals surface area (Å²) in [5, 5.41) is 0. The van der Waals surface area contributed by atoms with Crippen molar-refractivity contribution in [1.29, 1.82) is 0 Å². The second-order valence-electron chi connectivity index (χ2n) is 3.90. The molecule has 0 saturated carbocycles. The number of ether oxygens (including phenoxy) is 1. The Kier molecular flexibility index (Phi) is 6.58. The fourth-order valence-electron chi connectivity index (χ4n) is 1.75. The first-order valence-electron chi connectivity index (χ1n) is 6.05. The van der Waals surface area contributed by atoms with Gasteiger partial charge in [-0.15, -0.1) is 0 Å². The monoisotopic (exact) mass is 223 g/mol. The average Bonchev–Trinajstić information content (AvgIpc) is 2.30. The van der Waals surface area contributed by atoms with Crippen molar-refractivity contribution < 1.29 is 9.53 Å². The van der Waals surface area contributed by atoms with Crippen LogP contribution in [0.3, 0.4) is 0 Å². The van der Waals surface area contributed by atoms with Crippen LogP contribution in [0.1, 0.15) is 26.2 Å². The van der Waals surface area contributed by atoms with Gasteiger partial charge in [-0.2, -0.15) is 0 Å². The van der Waals surface area contributed by atoms with Crippen molar-refractivity contribution in [1.82, 2.24) is 4.90 Å². The topological polar surface area (TPSA) is 29.5 Å². The van der Waals surface area contributed by atoms with Gasteiger partial charge < -0.3 is 4.74 Å². The zero-order valence-corrected chi connectivity index (χ0v) is 10.0. The van der Waals surface area contributed by atoms with E-state index in [-0.39, 0.29) is 5.97 Å². The Morgan fingerprint density at radius 1 is 1.25 bits per heavy atom. The van der Waals surface area contributed by atoms with Crippen molar-refractivity contribution in [3.05, 3.63) is 24.3 Å². The maximum absolute atomic E-state index is 11.0. The van der Waals surface area contributed by atoms with Crippen molar-refractivity contribution in [3.8, 4) is 0 Å². The third-order valence-electron chi connectivity index (χ3n) is 2.58. The van der Waals surface area contributed by atoms with Gasteiger partial charge in [0.1, 0.15) is 0 Å². The molecule has 1 aliphatic rings. The van der Waals surface area contributed by atoms with Crippen LogP contribution in [0.2, 0.25) is 0 Å². The van der Waals surface area contributed by atoms with Crippen LogP contribution in [-0.4, -0.2) is 37.1 Å². The Morgan fingerprint density at radius 2 is 2.00 bits per heavy atom. The van der Waals surface area contributed by atoms with Crippen LogP contribution < -0.4 is 0 Å². The van der Waals surface area contributed by atoms with Crippen LogP contribution in [-0.2, 0) is 9.53 Å². The maximum atomic E-state index is 11.0. The van der Waals surface area contributed by atoms with E-state index in [4.69, 9.17) is 4.74 Å². The highest BCUT2D eigenvalue weighted by molar-refractivity contribution is 5.82. The van der Waals surface area contributed by atoms with E-state index < -0.39 is 0 Å². The van der Waals surface area contributed by atoms with Crippen LogP contribution >= 0.6 is 0 Å². The van der Waals surface area contributed by atoms with Crippen molar-refractivity contribution >= 4 is 5.97 Å². The summed E-state index contributed by atoms with van der Waals surface area (Å²) in [5.41, 5.74) is 0. The highest BCUT2D eigenvalue weighted by Gasteiger charge is 2.06. The number of likely N-dealkylation sites (tertiary alicyclic amines) is 1. The van der Waals surface area contributed by atoms with Gasteiger partial charge >= 0.3 is 5.97 Å². The molecule has 0 atom stereocenters. The molecule has 16 heavy (non-hydrogen) atoms. The average molecular weight is 223 g/mol. The zero-order valence-electron chi connectivity index (χ0n) is 10.0. The molecule has 0 aromatic rings. The molecule has 1 rings (SSSR count). The van der Waals surface area contributed by atoms with E-state index >= 15 is 0 Å². The van der Waals surface area contributed by atoms with Gasteiger partial charge in [0.25, 0.3) is 0 Å². The first-order valence-corrected chi connectivity index (χ1v) is 6.05. The smallest absolute Gasteiger partial charge is 0.330 e. The van der Waals surface area contributed by atoms with Crippen molar-refractivity contribution in [2.24, 2.45) is 0 Å². The summed E-state index contributed by atoms with van der Waals surface area (Å²) in [5.74, 6) is -0.273. The number of nitrogens with zero attached hydrogens (tertiary/aromatic N) is 1. The van der Waals surface area contributed by atoms with Crippen molar-refractivity contribution in [2.75, 3.05) is 26.2 Å². The van der Waals surface area contributed by atoms with Crippen LogP contribution in [0.5, 0.6) is 0 Å². The number of carbonyl (C=O) groups is 1. The predicted molar refractivity (Wildman–Crippen MR) is 65.2 cm³/mol. The second kappa shape index (κ2) is 8.11. The lowest BCUT2D eigenvalue weighted by molar-refractivity contribution is -0.137. The van der Waals surface area contributed by atoms with Crippen LogP contribution in [0.4, 0.5) is 0 Å². The van der Waals surface area contributed by atoms with Gasteiger partial charge in [0.05, 0.1) is 6.61 Å². The summed E-state index contributed by atoms with van der Waals surface area (Å²) in [6.45, 7) is 5.61. The molecule has 3 nitrogen and oxygen atoms in total. The van der Waals surface area contributed by atoms with Gasteiger partial charge in [-0.05, 0) is 32.9 Å². The summed E-state index contributed by atoms with van der Waals surface area (Å²) in [6, 6.07) is 0. The van der Waals surface area contributed by atoms with E-state index in [1.54, 1.807) is 13.0 Å². The number of piperidine rings is 1. The van der Waals surface area contributed by atoms with E-state index in [0.29, 0.717) is 6.61 Å². The highest BCUT2D eigenvalue weighted by Crippen LogP contribution is 2.07. The minimum atomic E-state index is -0.273. The lowest BCUT2D eigenvalue weighted by atomic mass is 10.1. The standard InChI is InChI=1S/C13H21NO2/c1-2-16-13(15)9-5-3-6-10-14-11-7-4-8-12-14/h3,5-6,9H,2,4,7-8,10-12H2,1H3/b6-3+,9-5+. The molecule has 0 aromatic heterocycles. The normalized spacial score (nSPS) is 18.3. The lowest BCUT2D eigenvalue weighted by Crippen LogP contribution is -2.29. The molecule has 0 amide bonds. The summed E-state index contributed by atoms with van der Waals surface area (Å²) < 4.78 is 4.77. The second-order valence-corrected chi connectivity index (χ2v) is 3.90. The molecule has 1 aliphatic heterocycles. The highest BCUT2D eigenvalue weighted by atomic mass is 16.5. The largest absolute Gasteiger partial charge is 0.463 e. The Bertz CT molecular complexity index is 253. The third-order valence-corrected chi connectivity index (χ3v) is 2.58. The molecular formula is C13H21NO2. The lowest BCUT2D eigenvalue weighted by Gasteiger charge is -2.24. The fraction of sp³-hybridized carbons (Fsp3) is 0.615. The van der Waals surface area contributed by atoms with Crippen molar-refractivity contribution in [2.45, 2.75) is 26.2 Å². The molecule has 0 N–H and O–H groups in total. The number of allylic oxidation sites excluding steroid dienone is 2. The summed E-state index contributed by atoms with van der Waals surface area (Å²) >= 11 is 0. The Labute approximate surface area is 97.8 Å². The molecule has 1 fully saturated rings. The summed E-state index contributed by atoms with van der Waals surface area (Å²) in [7, 11) is 0. The molecule has 0 bridgehead atoms. The third kappa shape index (κ3) is 5.71. The van der Waals surface area contributed by atoms with Gasteiger partial charge in [0.15, 0.2) is 0 Å². The number of esters is 1.